The predicted octanol–water partition coefficient (Wildman–Crippen LogP) is 6.88. The summed E-state index contributed by atoms with van der Waals surface area (Å²) in [6.45, 7) is 6.76. The summed E-state index contributed by atoms with van der Waals surface area (Å²) in [5.41, 5.74) is 6.15. The largest absolute Gasteiger partial charge is 0.459 e. The van der Waals surface area contributed by atoms with Gasteiger partial charge in [0.05, 0.1) is 30.2 Å². The van der Waals surface area contributed by atoms with E-state index in [9.17, 15) is 14.7 Å². The molecule has 3 aromatic rings. The van der Waals surface area contributed by atoms with Gasteiger partial charge in [0.2, 0.25) is 11.8 Å². The Labute approximate surface area is 246 Å². The summed E-state index contributed by atoms with van der Waals surface area (Å²) in [6.07, 6.45) is 4.16. The van der Waals surface area contributed by atoms with E-state index in [1.807, 2.05) is 66.7 Å². The molecule has 6 rings (SSSR count). The quantitative estimate of drug-likeness (QED) is 0.217. The molecule has 4 atom stereocenters. The van der Waals surface area contributed by atoms with Crippen LogP contribution in [0.2, 0.25) is 0 Å². The Balaban J connectivity index is 1.19. The molecule has 0 saturated carbocycles. The lowest BCUT2D eigenvalue weighted by atomic mass is 9.67. The highest BCUT2D eigenvalue weighted by Gasteiger charge is 2.57. The Morgan fingerprint density at radius 3 is 2.43 bits per heavy atom. The lowest BCUT2D eigenvalue weighted by Crippen LogP contribution is -2.35. The predicted molar refractivity (Wildman–Crippen MR) is 163 cm³/mol. The first-order valence-corrected chi connectivity index (χ1v) is 14.8. The first-order chi connectivity index (χ1) is 20.3. The van der Waals surface area contributed by atoms with Gasteiger partial charge < -0.3 is 19.6 Å². The molecule has 2 saturated heterocycles. The van der Waals surface area contributed by atoms with Crippen molar-refractivity contribution in [1.29, 1.82) is 0 Å². The Hall–Kier alpha value is -3.94. The normalized spacial score (nSPS) is 24.0. The second-order valence-electron chi connectivity index (χ2n) is 11.9. The molecule has 0 bridgehead atoms. The van der Waals surface area contributed by atoms with E-state index in [2.05, 4.69) is 26.1 Å². The SMILES string of the molecule is C/C(=C\c1ccc(CO)o1)CC[C@H]1OC[C@H]2C1=C(C(C)C)C[C@H]1C(=O)N(c3ccc(Nc4ccccc4)cc3)C(=O)[C@H]12. The van der Waals surface area contributed by atoms with Gasteiger partial charge in [-0.1, -0.05) is 43.2 Å². The van der Waals surface area contributed by atoms with Gasteiger partial charge in [-0.05, 0) is 92.3 Å². The van der Waals surface area contributed by atoms with Crippen molar-refractivity contribution in [2.75, 3.05) is 16.8 Å². The maximum atomic E-state index is 13.9. The van der Waals surface area contributed by atoms with E-state index in [1.165, 1.54) is 16.0 Å². The van der Waals surface area contributed by atoms with Crippen molar-refractivity contribution in [2.24, 2.45) is 23.7 Å². The topological polar surface area (TPSA) is 92.0 Å². The van der Waals surface area contributed by atoms with Gasteiger partial charge in [0.25, 0.3) is 0 Å². The van der Waals surface area contributed by atoms with Gasteiger partial charge in [-0.2, -0.15) is 0 Å². The van der Waals surface area contributed by atoms with E-state index < -0.39 is 5.92 Å². The molecular formula is C35H38N2O5. The smallest absolute Gasteiger partial charge is 0.238 e. The van der Waals surface area contributed by atoms with E-state index in [-0.39, 0.29) is 42.3 Å². The Morgan fingerprint density at radius 1 is 1.00 bits per heavy atom. The van der Waals surface area contributed by atoms with Gasteiger partial charge in [-0.25, -0.2) is 0 Å². The van der Waals surface area contributed by atoms with Gasteiger partial charge >= 0.3 is 0 Å². The summed E-state index contributed by atoms with van der Waals surface area (Å²) in [5.74, 6) is 0.504. The van der Waals surface area contributed by atoms with E-state index in [0.29, 0.717) is 24.5 Å². The number of ether oxygens (including phenoxy) is 1. The zero-order chi connectivity index (χ0) is 29.4. The lowest BCUT2D eigenvalue weighted by Gasteiger charge is -2.33. The standard InChI is InChI=1S/C35H38N2O5/c1-21(2)28-18-29-33(30-20-41-31(32(28)30)16-9-22(3)17-26-14-15-27(19-38)42-26)35(40)37(34(29)39)25-12-10-24(11-13-25)36-23-7-5-4-6-8-23/h4-8,10-15,17,21,29-31,33,36,38H,9,16,18-20H2,1-3H3/b22-17+/t29-,30+,31-,33-/m1/s1. The molecular weight excluding hydrogens is 528 g/mol. The summed E-state index contributed by atoms with van der Waals surface area (Å²) in [6, 6.07) is 21.0. The van der Waals surface area contributed by atoms with E-state index in [1.54, 1.807) is 6.07 Å². The summed E-state index contributed by atoms with van der Waals surface area (Å²) < 4.78 is 12.0. The van der Waals surface area contributed by atoms with Crippen molar-refractivity contribution in [3.05, 3.63) is 95.0 Å². The highest BCUT2D eigenvalue weighted by Crippen LogP contribution is 2.52. The molecule has 2 aromatic carbocycles. The van der Waals surface area contributed by atoms with Crippen LogP contribution >= 0.6 is 0 Å². The number of imide groups is 1. The van der Waals surface area contributed by atoms with Crippen molar-refractivity contribution >= 4 is 35.0 Å². The van der Waals surface area contributed by atoms with Gasteiger partial charge in [-0.3, -0.25) is 14.5 Å². The first-order valence-electron chi connectivity index (χ1n) is 14.8. The van der Waals surface area contributed by atoms with Crippen molar-refractivity contribution < 1.29 is 23.8 Å². The van der Waals surface area contributed by atoms with Crippen molar-refractivity contribution in [2.45, 2.75) is 52.7 Å². The summed E-state index contributed by atoms with van der Waals surface area (Å²) >= 11 is 0. The minimum absolute atomic E-state index is 0.0680. The maximum absolute atomic E-state index is 13.9. The number of fused-ring (bicyclic) bond motifs is 3. The minimum Gasteiger partial charge on any atom is -0.459 e. The molecule has 2 fully saturated rings. The number of nitrogens with one attached hydrogen (secondary N) is 1. The first kappa shape index (κ1) is 28.2. The molecule has 0 spiro atoms. The van der Waals surface area contributed by atoms with Crippen LogP contribution in [0.4, 0.5) is 17.1 Å². The van der Waals surface area contributed by atoms with Gasteiger partial charge in [-0.15, -0.1) is 0 Å². The van der Waals surface area contributed by atoms with Crippen molar-refractivity contribution in [3.63, 3.8) is 0 Å². The molecule has 0 radical (unpaired) electrons. The fourth-order valence-corrected chi connectivity index (χ4v) is 6.83. The molecule has 7 heteroatoms. The van der Waals surface area contributed by atoms with Crippen molar-refractivity contribution in [3.8, 4) is 0 Å². The molecule has 2 N–H and O–H groups in total. The van der Waals surface area contributed by atoms with Crippen LogP contribution in [0.1, 0.15) is 51.6 Å². The maximum Gasteiger partial charge on any atom is 0.238 e. The fourth-order valence-electron chi connectivity index (χ4n) is 6.83. The molecule has 0 unspecified atom stereocenters. The van der Waals surface area contributed by atoms with Crippen LogP contribution in [0, 0.1) is 23.7 Å². The average molecular weight is 567 g/mol. The number of hydrogen-bond donors (Lipinski definition) is 2. The number of furan rings is 1. The molecule has 3 heterocycles. The third kappa shape index (κ3) is 5.35. The van der Waals surface area contributed by atoms with E-state index in [4.69, 9.17) is 9.15 Å². The van der Waals surface area contributed by atoms with Crippen LogP contribution < -0.4 is 10.2 Å². The molecule has 2 amide bonds. The van der Waals surface area contributed by atoms with Crippen LogP contribution in [0.15, 0.2) is 87.9 Å². The number of nitrogens with zero attached hydrogens (tertiary/aromatic N) is 1. The van der Waals surface area contributed by atoms with Crippen LogP contribution in [0.3, 0.4) is 0 Å². The fraction of sp³-hybridized carbons (Fsp3) is 0.371. The van der Waals surface area contributed by atoms with E-state index >= 15 is 0 Å². The number of para-hydroxylation sites is 1. The van der Waals surface area contributed by atoms with Crippen LogP contribution in [0.5, 0.6) is 0 Å². The van der Waals surface area contributed by atoms with E-state index in [0.717, 1.165) is 35.5 Å². The molecule has 1 aromatic heterocycles. The summed E-state index contributed by atoms with van der Waals surface area (Å²) in [7, 11) is 0. The zero-order valence-electron chi connectivity index (χ0n) is 24.4. The van der Waals surface area contributed by atoms with Crippen LogP contribution in [-0.4, -0.2) is 29.6 Å². The Morgan fingerprint density at radius 2 is 1.74 bits per heavy atom. The number of benzene rings is 2. The van der Waals surface area contributed by atoms with Crippen molar-refractivity contribution in [1.82, 2.24) is 0 Å². The zero-order valence-corrected chi connectivity index (χ0v) is 24.4. The third-order valence-corrected chi connectivity index (χ3v) is 8.86. The number of allylic oxidation sites excluding steroid dienone is 2. The molecule has 3 aliphatic rings. The molecule has 7 nitrogen and oxygen atoms in total. The number of anilines is 3. The minimum atomic E-state index is -0.390. The number of amides is 2. The Bertz CT molecular complexity index is 1520. The molecule has 42 heavy (non-hydrogen) atoms. The number of carbonyl (C=O) groups excluding carboxylic acids is 2. The second-order valence-corrected chi connectivity index (χ2v) is 11.9. The monoisotopic (exact) mass is 566 g/mol. The average Bonchev–Trinajstić information content (AvgIpc) is 3.69. The third-order valence-electron chi connectivity index (χ3n) is 8.86. The number of rotatable bonds is 9. The van der Waals surface area contributed by atoms with Gasteiger partial charge in [0, 0.05) is 17.3 Å². The Kier molecular flexibility index (Phi) is 7.88. The van der Waals surface area contributed by atoms with Crippen LogP contribution in [0.25, 0.3) is 6.08 Å². The highest BCUT2D eigenvalue weighted by molar-refractivity contribution is 6.22. The second kappa shape index (κ2) is 11.7. The highest BCUT2D eigenvalue weighted by atomic mass is 16.5. The van der Waals surface area contributed by atoms with Gasteiger partial charge in [0.15, 0.2) is 0 Å². The summed E-state index contributed by atoms with van der Waals surface area (Å²) in [4.78, 5) is 29.1. The number of aliphatic hydroxyl groups excluding tert-OH is 1. The van der Waals surface area contributed by atoms with Gasteiger partial charge in [0.1, 0.15) is 18.1 Å². The molecule has 2 aliphatic heterocycles. The molecule has 218 valence electrons. The number of carbonyl (C=O) groups is 2. The molecule has 1 aliphatic carbocycles. The number of hydrogen-bond acceptors (Lipinski definition) is 6. The van der Waals surface area contributed by atoms with Crippen LogP contribution in [-0.2, 0) is 20.9 Å². The number of aliphatic hydroxyl groups is 1. The lowest BCUT2D eigenvalue weighted by molar-refractivity contribution is -0.122. The summed E-state index contributed by atoms with van der Waals surface area (Å²) in [5, 5.41) is 12.6.